The standard InChI is InChI=1S/C18H30N4OS.HI/c1-5-19-17(22-14-18(2,3)24-4)21-13-9-12-20-16(23)15-10-7-6-8-11-15;/h6-8,10-11H,5,9,12-14H2,1-4H3,(H,20,23)(H2,19,21,22);1H. The first-order valence-electron chi connectivity index (χ1n) is 8.39. The molecule has 0 aliphatic carbocycles. The van der Waals surface area contributed by atoms with Crippen LogP contribution in [0.15, 0.2) is 35.3 Å². The molecule has 0 heterocycles. The Balaban J connectivity index is 0.00000576. The highest BCUT2D eigenvalue weighted by Crippen LogP contribution is 2.20. The average molecular weight is 478 g/mol. The van der Waals surface area contributed by atoms with Crippen molar-refractivity contribution in [2.45, 2.75) is 31.9 Å². The lowest BCUT2D eigenvalue weighted by atomic mass is 10.2. The van der Waals surface area contributed by atoms with Crippen LogP contribution in [0.4, 0.5) is 0 Å². The minimum atomic E-state index is -0.0297. The van der Waals surface area contributed by atoms with E-state index in [0.29, 0.717) is 12.1 Å². The van der Waals surface area contributed by atoms with Gasteiger partial charge in [0, 0.05) is 29.9 Å². The number of amides is 1. The molecule has 0 aliphatic rings. The summed E-state index contributed by atoms with van der Waals surface area (Å²) in [6.45, 7) is 9.41. The number of benzene rings is 1. The van der Waals surface area contributed by atoms with Crippen LogP contribution in [0.25, 0.3) is 0 Å². The van der Waals surface area contributed by atoms with E-state index in [1.165, 1.54) is 0 Å². The Bertz CT molecular complexity index is 523. The molecule has 1 aromatic carbocycles. The molecule has 0 fully saturated rings. The molecule has 0 saturated carbocycles. The maximum Gasteiger partial charge on any atom is 0.251 e. The molecule has 1 amide bonds. The number of hydrogen-bond donors (Lipinski definition) is 3. The van der Waals surface area contributed by atoms with Crippen LogP contribution >= 0.6 is 35.7 Å². The van der Waals surface area contributed by atoms with E-state index in [-0.39, 0.29) is 34.6 Å². The van der Waals surface area contributed by atoms with Gasteiger partial charge >= 0.3 is 0 Å². The van der Waals surface area contributed by atoms with Crippen LogP contribution in [0.3, 0.4) is 0 Å². The van der Waals surface area contributed by atoms with Crippen LogP contribution < -0.4 is 16.0 Å². The van der Waals surface area contributed by atoms with E-state index < -0.39 is 0 Å². The van der Waals surface area contributed by atoms with E-state index in [0.717, 1.165) is 32.0 Å². The third-order valence-electron chi connectivity index (χ3n) is 3.48. The largest absolute Gasteiger partial charge is 0.357 e. The summed E-state index contributed by atoms with van der Waals surface area (Å²) in [4.78, 5) is 16.5. The molecule has 5 nitrogen and oxygen atoms in total. The third kappa shape index (κ3) is 10.6. The number of nitrogens with zero attached hydrogens (tertiary/aromatic N) is 1. The summed E-state index contributed by atoms with van der Waals surface area (Å²) in [5.74, 6) is 0.798. The second kappa shape index (κ2) is 13.3. The number of nitrogens with one attached hydrogen (secondary N) is 3. The highest BCUT2D eigenvalue weighted by molar-refractivity contribution is 14.0. The summed E-state index contributed by atoms with van der Waals surface area (Å²) in [7, 11) is 0. The first-order chi connectivity index (χ1) is 11.5. The fourth-order valence-electron chi connectivity index (χ4n) is 1.86. The third-order valence-corrected chi connectivity index (χ3v) is 4.72. The number of hydrogen-bond acceptors (Lipinski definition) is 3. The van der Waals surface area contributed by atoms with Gasteiger partial charge in [-0.15, -0.1) is 24.0 Å². The molecule has 1 rings (SSSR count). The Hall–Kier alpha value is -0.960. The number of halogens is 1. The van der Waals surface area contributed by atoms with Gasteiger partial charge in [0.15, 0.2) is 5.96 Å². The van der Waals surface area contributed by atoms with E-state index in [1.807, 2.05) is 42.1 Å². The molecule has 0 unspecified atom stereocenters. The SMILES string of the molecule is CCNC(=NCC(C)(C)SC)NCCCNC(=O)c1ccccc1.I. The Morgan fingerprint density at radius 1 is 1.12 bits per heavy atom. The summed E-state index contributed by atoms with van der Waals surface area (Å²) in [5, 5.41) is 9.48. The zero-order valence-corrected chi connectivity index (χ0v) is 18.7. The monoisotopic (exact) mass is 478 g/mol. The molecule has 0 spiro atoms. The normalized spacial score (nSPS) is 11.4. The van der Waals surface area contributed by atoms with Gasteiger partial charge < -0.3 is 16.0 Å². The predicted octanol–water partition coefficient (Wildman–Crippen LogP) is 3.12. The zero-order chi connectivity index (χ0) is 17.8. The Kier molecular flexibility index (Phi) is 12.8. The summed E-state index contributed by atoms with van der Waals surface area (Å²) in [5.41, 5.74) is 0.694. The van der Waals surface area contributed by atoms with E-state index in [2.05, 4.69) is 48.0 Å². The molecule has 0 saturated heterocycles. The Labute approximate surface area is 173 Å². The molecule has 0 aromatic heterocycles. The maximum atomic E-state index is 11.9. The van der Waals surface area contributed by atoms with Gasteiger partial charge in [0.05, 0.1) is 6.54 Å². The smallest absolute Gasteiger partial charge is 0.251 e. The van der Waals surface area contributed by atoms with Crippen molar-refractivity contribution < 1.29 is 4.79 Å². The fraction of sp³-hybridized carbons (Fsp3) is 0.556. The fourth-order valence-corrected chi connectivity index (χ4v) is 2.06. The molecule has 0 radical (unpaired) electrons. The second-order valence-corrected chi connectivity index (χ2v) is 7.57. The van der Waals surface area contributed by atoms with Gasteiger partial charge in [-0.05, 0) is 45.6 Å². The van der Waals surface area contributed by atoms with Crippen molar-refractivity contribution in [1.29, 1.82) is 0 Å². The number of carbonyl (C=O) groups excluding carboxylic acids is 1. The van der Waals surface area contributed by atoms with Gasteiger partial charge in [-0.3, -0.25) is 9.79 Å². The van der Waals surface area contributed by atoms with Gasteiger partial charge in [0.2, 0.25) is 0 Å². The van der Waals surface area contributed by atoms with Crippen LogP contribution in [-0.4, -0.2) is 49.0 Å². The van der Waals surface area contributed by atoms with E-state index in [4.69, 9.17) is 0 Å². The molecule has 0 aliphatic heterocycles. The summed E-state index contributed by atoms with van der Waals surface area (Å²) in [6.07, 6.45) is 2.94. The number of thioether (sulfide) groups is 1. The highest BCUT2D eigenvalue weighted by Gasteiger charge is 2.15. The summed E-state index contributed by atoms with van der Waals surface area (Å²) < 4.78 is 0.131. The van der Waals surface area contributed by atoms with E-state index >= 15 is 0 Å². The molecule has 0 atom stereocenters. The summed E-state index contributed by atoms with van der Waals surface area (Å²) in [6, 6.07) is 9.27. The van der Waals surface area contributed by atoms with Crippen molar-refractivity contribution in [2.75, 3.05) is 32.4 Å². The molecule has 25 heavy (non-hydrogen) atoms. The zero-order valence-electron chi connectivity index (χ0n) is 15.6. The number of rotatable bonds is 9. The van der Waals surface area contributed by atoms with Gasteiger partial charge in [-0.25, -0.2) is 0 Å². The van der Waals surface area contributed by atoms with E-state index in [9.17, 15) is 4.79 Å². The molecule has 7 heteroatoms. The molecule has 3 N–H and O–H groups in total. The number of guanidine groups is 1. The molecular weight excluding hydrogens is 447 g/mol. The molecular formula is C18H31IN4OS. The minimum absolute atomic E-state index is 0. The second-order valence-electron chi connectivity index (χ2n) is 6.06. The van der Waals surface area contributed by atoms with Crippen molar-refractivity contribution in [3.8, 4) is 0 Å². The average Bonchev–Trinajstić information content (AvgIpc) is 2.60. The predicted molar refractivity (Wildman–Crippen MR) is 120 cm³/mol. The van der Waals surface area contributed by atoms with Crippen LogP contribution in [-0.2, 0) is 0 Å². The minimum Gasteiger partial charge on any atom is -0.357 e. The van der Waals surface area contributed by atoms with Crippen molar-refractivity contribution in [1.82, 2.24) is 16.0 Å². The van der Waals surface area contributed by atoms with Crippen LogP contribution in [0.1, 0.15) is 37.6 Å². The van der Waals surface area contributed by atoms with Gasteiger partial charge in [0.25, 0.3) is 5.91 Å². The molecule has 1 aromatic rings. The lowest BCUT2D eigenvalue weighted by Gasteiger charge is -2.20. The van der Waals surface area contributed by atoms with Crippen molar-refractivity contribution >= 4 is 47.6 Å². The Morgan fingerprint density at radius 3 is 2.36 bits per heavy atom. The van der Waals surface area contributed by atoms with Crippen LogP contribution in [0.5, 0.6) is 0 Å². The maximum absolute atomic E-state index is 11.9. The van der Waals surface area contributed by atoms with Crippen molar-refractivity contribution in [2.24, 2.45) is 4.99 Å². The van der Waals surface area contributed by atoms with Gasteiger partial charge in [0.1, 0.15) is 0 Å². The van der Waals surface area contributed by atoms with E-state index in [1.54, 1.807) is 0 Å². The lowest BCUT2D eigenvalue weighted by Crippen LogP contribution is -2.39. The molecule has 0 bridgehead atoms. The first-order valence-corrected chi connectivity index (χ1v) is 9.61. The van der Waals surface area contributed by atoms with Crippen LogP contribution in [0.2, 0.25) is 0 Å². The first kappa shape index (κ1) is 24.0. The molecule has 142 valence electrons. The van der Waals surface area contributed by atoms with Gasteiger partial charge in [-0.1, -0.05) is 18.2 Å². The van der Waals surface area contributed by atoms with Crippen LogP contribution in [0, 0.1) is 0 Å². The van der Waals surface area contributed by atoms with Gasteiger partial charge in [-0.2, -0.15) is 11.8 Å². The number of aliphatic imine (C=N–C) groups is 1. The Morgan fingerprint density at radius 2 is 1.76 bits per heavy atom. The highest BCUT2D eigenvalue weighted by atomic mass is 127. The van der Waals surface area contributed by atoms with Crippen molar-refractivity contribution in [3.63, 3.8) is 0 Å². The topological polar surface area (TPSA) is 65.5 Å². The number of carbonyl (C=O) groups is 1. The summed E-state index contributed by atoms with van der Waals surface area (Å²) >= 11 is 1.81. The van der Waals surface area contributed by atoms with Crippen molar-refractivity contribution in [3.05, 3.63) is 35.9 Å². The lowest BCUT2D eigenvalue weighted by molar-refractivity contribution is 0.0953. The quantitative estimate of drug-likeness (QED) is 0.221.